The third kappa shape index (κ3) is 2.37. The van der Waals surface area contributed by atoms with E-state index in [1.54, 1.807) is 6.92 Å². The Kier molecular flexibility index (Phi) is 4.29. The van der Waals surface area contributed by atoms with Crippen LogP contribution in [-0.4, -0.2) is 52.7 Å². The standard InChI is InChI=1S/C15H19NO5S/c1-3-6-21-15(19)11-12(9-5-4-7-20-9)22-14-10(8(2)17)13(18)16(11)14/h3,8-10,14,17H,1,4-7H2,2H3/t8-,9-,10+,14-/m1/s1. The molecule has 1 N–H and O–H groups in total. The summed E-state index contributed by atoms with van der Waals surface area (Å²) in [7, 11) is 0. The van der Waals surface area contributed by atoms with E-state index in [0.717, 1.165) is 17.7 Å². The fraction of sp³-hybridized carbons (Fsp3) is 0.600. The van der Waals surface area contributed by atoms with Crippen molar-refractivity contribution in [3.63, 3.8) is 0 Å². The Hall–Kier alpha value is -1.31. The van der Waals surface area contributed by atoms with Gasteiger partial charge in [-0.15, -0.1) is 0 Å². The third-order valence-corrected chi connectivity index (χ3v) is 5.53. The van der Waals surface area contributed by atoms with Crippen molar-refractivity contribution in [2.24, 2.45) is 5.92 Å². The molecule has 0 aromatic heterocycles. The molecule has 0 bridgehead atoms. The maximum absolute atomic E-state index is 12.3. The van der Waals surface area contributed by atoms with Crippen LogP contribution in [0.3, 0.4) is 0 Å². The van der Waals surface area contributed by atoms with Gasteiger partial charge in [0.25, 0.3) is 0 Å². The molecule has 22 heavy (non-hydrogen) atoms. The minimum atomic E-state index is -0.740. The van der Waals surface area contributed by atoms with Gasteiger partial charge < -0.3 is 14.6 Å². The van der Waals surface area contributed by atoms with Gasteiger partial charge in [0.15, 0.2) is 0 Å². The van der Waals surface area contributed by atoms with Crippen LogP contribution in [0.25, 0.3) is 0 Å². The monoisotopic (exact) mass is 325 g/mol. The highest BCUT2D eigenvalue weighted by Gasteiger charge is 2.58. The summed E-state index contributed by atoms with van der Waals surface area (Å²) >= 11 is 1.44. The van der Waals surface area contributed by atoms with Gasteiger partial charge in [0.2, 0.25) is 5.91 Å². The van der Waals surface area contributed by atoms with Gasteiger partial charge in [-0.25, -0.2) is 4.79 Å². The Morgan fingerprint density at radius 3 is 3.05 bits per heavy atom. The van der Waals surface area contributed by atoms with E-state index in [0.29, 0.717) is 6.61 Å². The van der Waals surface area contributed by atoms with Gasteiger partial charge in [-0.05, 0) is 19.8 Å². The minimum absolute atomic E-state index is 0.0956. The fourth-order valence-electron chi connectivity index (χ4n) is 3.01. The molecule has 0 radical (unpaired) electrons. The summed E-state index contributed by atoms with van der Waals surface area (Å²) < 4.78 is 10.8. The average Bonchev–Trinajstić information content (AvgIpc) is 3.09. The maximum atomic E-state index is 12.3. The summed E-state index contributed by atoms with van der Waals surface area (Å²) in [6.07, 6.45) is 2.34. The second kappa shape index (κ2) is 6.06. The molecule has 2 saturated heterocycles. The normalized spacial score (nSPS) is 31.8. The van der Waals surface area contributed by atoms with E-state index >= 15 is 0 Å². The Morgan fingerprint density at radius 2 is 2.45 bits per heavy atom. The van der Waals surface area contributed by atoms with Gasteiger partial charge in [0, 0.05) is 11.5 Å². The Balaban J connectivity index is 1.88. The topological polar surface area (TPSA) is 76.1 Å². The summed E-state index contributed by atoms with van der Waals surface area (Å²) in [5, 5.41) is 9.53. The van der Waals surface area contributed by atoms with E-state index < -0.39 is 18.0 Å². The predicted octanol–water partition coefficient (Wildman–Crippen LogP) is 1.02. The lowest BCUT2D eigenvalue weighted by Gasteiger charge is -2.43. The molecule has 6 nitrogen and oxygen atoms in total. The Morgan fingerprint density at radius 1 is 1.68 bits per heavy atom. The second-order valence-corrected chi connectivity index (χ2v) is 6.74. The zero-order valence-corrected chi connectivity index (χ0v) is 13.2. The quantitative estimate of drug-likeness (QED) is 0.462. The molecule has 0 aliphatic carbocycles. The summed E-state index contributed by atoms with van der Waals surface area (Å²) in [6, 6.07) is 0. The van der Waals surface area contributed by atoms with E-state index in [1.165, 1.54) is 22.7 Å². The van der Waals surface area contributed by atoms with Crippen LogP contribution in [0.2, 0.25) is 0 Å². The first-order valence-electron chi connectivity index (χ1n) is 7.37. The number of aliphatic hydroxyl groups is 1. The Labute approximate surface area is 133 Å². The highest BCUT2D eigenvalue weighted by atomic mass is 32.2. The van der Waals surface area contributed by atoms with Crippen LogP contribution < -0.4 is 0 Å². The van der Waals surface area contributed by atoms with Crippen molar-refractivity contribution >= 4 is 23.6 Å². The fourth-order valence-corrected chi connectivity index (χ4v) is 4.71. The number of β-lactam (4-membered cyclic amide) rings is 1. The molecule has 2 fully saturated rings. The van der Waals surface area contributed by atoms with Crippen LogP contribution >= 0.6 is 11.8 Å². The van der Waals surface area contributed by atoms with Crippen LogP contribution in [0.5, 0.6) is 0 Å². The van der Waals surface area contributed by atoms with Gasteiger partial charge in [0.05, 0.1) is 18.1 Å². The first kappa shape index (κ1) is 15.6. The van der Waals surface area contributed by atoms with Gasteiger partial charge in [-0.2, -0.15) is 0 Å². The molecule has 7 heteroatoms. The van der Waals surface area contributed by atoms with Gasteiger partial charge in [0.1, 0.15) is 17.7 Å². The number of hydrogen-bond acceptors (Lipinski definition) is 6. The SMILES string of the molecule is C=CCOC(=O)C1=C([C@H]2CCCO2)S[C@@H]2[C@@H]([C@@H](C)O)C(=O)N12. The number of fused-ring (bicyclic) bond motifs is 1. The number of hydrogen-bond donors (Lipinski definition) is 1. The molecule has 0 saturated carbocycles. The predicted molar refractivity (Wildman–Crippen MR) is 80.6 cm³/mol. The molecular weight excluding hydrogens is 306 g/mol. The molecule has 120 valence electrons. The number of carbonyl (C=O) groups excluding carboxylic acids is 2. The molecule has 3 heterocycles. The van der Waals surface area contributed by atoms with Crippen molar-refractivity contribution < 1.29 is 24.2 Å². The van der Waals surface area contributed by atoms with E-state index in [4.69, 9.17) is 9.47 Å². The molecule has 0 aromatic carbocycles. The number of nitrogens with zero attached hydrogens (tertiary/aromatic N) is 1. The van der Waals surface area contributed by atoms with Crippen molar-refractivity contribution in [2.45, 2.75) is 37.3 Å². The number of amides is 1. The summed E-state index contributed by atoms with van der Waals surface area (Å²) in [6.45, 7) is 5.87. The van der Waals surface area contributed by atoms with Crippen LogP contribution in [0.15, 0.2) is 23.3 Å². The molecule has 3 aliphatic rings. The molecule has 0 aromatic rings. The zero-order chi connectivity index (χ0) is 15.9. The van der Waals surface area contributed by atoms with Crippen molar-refractivity contribution in [1.82, 2.24) is 4.90 Å². The van der Waals surface area contributed by atoms with Crippen LogP contribution in [-0.2, 0) is 19.1 Å². The van der Waals surface area contributed by atoms with Crippen molar-refractivity contribution in [1.29, 1.82) is 0 Å². The molecule has 3 rings (SSSR count). The van der Waals surface area contributed by atoms with Crippen molar-refractivity contribution in [2.75, 3.05) is 13.2 Å². The van der Waals surface area contributed by atoms with Gasteiger partial charge >= 0.3 is 5.97 Å². The van der Waals surface area contributed by atoms with Crippen LogP contribution in [0.4, 0.5) is 0 Å². The minimum Gasteiger partial charge on any atom is -0.457 e. The Bertz CT molecular complexity index is 538. The largest absolute Gasteiger partial charge is 0.457 e. The van der Waals surface area contributed by atoms with E-state index in [-0.39, 0.29) is 29.7 Å². The summed E-state index contributed by atoms with van der Waals surface area (Å²) in [5.41, 5.74) is 0.283. The molecule has 1 amide bonds. The molecular formula is C15H19NO5S. The zero-order valence-electron chi connectivity index (χ0n) is 12.4. The van der Waals surface area contributed by atoms with Crippen LogP contribution in [0, 0.1) is 5.92 Å². The smallest absolute Gasteiger partial charge is 0.356 e. The highest BCUT2D eigenvalue weighted by Crippen LogP contribution is 2.52. The number of aliphatic hydroxyl groups excluding tert-OH is 1. The first-order chi connectivity index (χ1) is 10.6. The average molecular weight is 325 g/mol. The number of rotatable bonds is 5. The summed E-state index contributed by atoms with van der Waals surface area (Å²) in [5.74, 6) is -1.24. The second-order valence-electron chi connectivity index (χ2n) is 5.58. The molecule has 0 unspecified atom stereocenters. The highest BCUT2D eigenvalue weighted by molar-refractivity contribution is 8.04. The molecule has 3 aliphatic heterocycles. The lowest BCUT2D eigenvalue weighted by molar-refractivity contribution is -0.158. The lowest BCUT2D eigenvalue weighted by atomic mass is 9.92. The van der Waals surface area contributed by atoms with Crippen LogP contribution in [0.1, 0.15) is 19.8 Å². The number of esters is 1. The number of thioether (sulfide) groups is 1. The van der Waals surface area contributed by atoms with E-state index in [9.17, 15) is 14.7 Å². The first-order valence-corrected chi connectivity index (χ1v) is 8.25. The lowest BCUT2D eigenvalue weighted by Crippen LogP contribution is -2.60. The number of ether oxygens (including phenoxy) is 2. The van der Waals surface area contributed by atoms with Gasteiger partial charge in [-0.3, -0.25) is 9.69 Å². The van der Waals surface area contributed by atoms with Crippen molar-refractivity contribution in [3.05, 3.63) is 23.3 Å². The third-order valence-electron chi connectivity index (χ3n) is 4.07. The van der Waals surface area contributed by atoms with E-state index in [2.05, 4.69) is 6.58 Å². The van der Waals surface area contributed by atoms with E-state index in [1.807, 2.05) is 0 Å². The van der Waals surface area contributed by atoms with Crippen molar-refractivity contribution in [3.8, 4) is 0 Å². The number of carbonyl (C=O) groups is 2. The molecule has 4 atom stereocenters. The van der Waals surface area contributed by atoms with Gasteiger partial charge in [-0.1, -0.05) is 24.4 Å². The molecule has 0 spiro atoms. The summed E-state index contributed by atoms with van der Waals surface area (Å²) in [4.78, 5) is 26.8. The maximum Gasteiger partial charge on any atom is 0.356 e.